The Morgan fingerprint density at radius 1 is 0.885 bits per heavy atom. The zero-order valence-corrected chi connectivity index (χ0v) is 16.1. The Hall–Kier alpha value is -2.23. The molecule has 0 aliphatic rings. The molecule has 0 saturated carbocycles. The van der Waals surface area contributed by atoms with Crippen LogP contribution in [0.4, 0.5) is 0 Å². The number of amides is 1. The van der Waals surface area contributed by atoms with Gasteiger partial charge in [0.2, 0.25) is 0 Å². The Morgan fingerprint density at radius 3 is 2.19 bits per heavy atom. The summed E-state index contributed by atoms with van der Waals surface area (Å²) in [6.07, 6.45) is 13.6. The van der Waals surface area contributed by atoms with Crippen LogP contribution in [0.5, 0.6) is 0 Å². The second kappa shape index (κ2) is 11.4. The maximum atomic E-state index is 12.3. The molecule has 0 atom stereocenters. The van der Waals surface area contributed by atoms with E-state index in [4.69, 9.17) is 0 Å². The summed E-state index contributed by atoms with van der Waals surface area (Å²) in [4.78, 5) is 21.0. The van der Waals surface area contributed by atoms with Crippen molar-refractivity contribution in [1.82, 2.24) is 15.3 Å². The highest BCUT2D eigenvalue weighted by atomic mass is 16.1. The maximum absolute atomic E-state index is 12.3. The fraction of sp³-hybridized carbons (Fsp3) is 0.500. The van der Waals surface area contributed by atoms with Crippen molar-refractivity contribution in [3.05, 3.63) is 47.8 Å². The first-order valence-electron chi connectivity index (χ1n) is 9.88. The van der Waals surface area contributed by atoms with Gasteiger partial charge in [-0.15, -0.1) is 0 Å². The normalized spacial score (nSPS) is 10.7. The molecular formula is C22H31N3O. The molecule has 4 nitrogen and oxygen atoms in total. The molecule has 2 aromatic rings. The van der Waals surface area contributed by atoms with Gasteiger partial charge in [-0.1, -0.05) is 51.9 Å². The van der Waals surface area contributed by atoms with Crippen molar-refractivity contribution >= 4 is 5.91 Å². The van der Waals surface area contributed by atoms with Crippen LogP contribution in [0.3, 0.4) is 0 Å². The summed E-state index contributed by atoms with van der Waals surface area (Å²) in [5, 5.41) is 3.01. The number of hydrogen-bond donors (Lipinski definition) is 1. The monoisotopic (exact) mass is 353 g/mol. The average molecular weight is 354 g/mol. The summed E-state index contributed by atoms with van der Waals surface area (Å²) in [7, 11) is 0. The van der Waals surface area contributed by atoms with Crippen LogP contribution in [0.2, 0.25) is 0 Å². The standard InChI is InChI=1S/C22H31N3O/c1-3-4-5-6-7-8-9-10-13-25-22(26)19-12-15-24-21(17-19)20-16-18(2)11-14-23-20/h11-12,14-17H,3-10,13H2,1-2H3,(H,25,26). The number of hydrogen-bond acceptors (Lipinski definition) is 3. The largest absolute Gasteiger partial charge is 0.352 e. The summed E-state index contributed by atoms with van der Waals surface area (Å²) < 4.78 is 0. The summed E-state index contributed by atoms with van der Waals surface area (Å²) in [5.74, 6) is -0.0377. The van der Waals surface area contributed by atoms with Crippen molar-refractivity contribution in [2.75, 3.05) is 6.54 Å². The molecule has 2 rings (SSSR count). The Labute approximate surface area is 157 Å². The highest BCUT2D eigenvalue weighted by Gasteiger charge is 2.08. The van der Waals surface area contributed by atoms with E-state index in [0.29, 0.717) is 5.56 Å². The quantitative estimate of drug-likeness (QED) is 0.556. The fourth-order valence-corrected chi connectivity index (χ4v) is 2.95. The summed E-state index contributed by atoms with van der Waals surface area (Å²) in [5.41, 5.74) is 3.29. The van der Waals surface area contributed by atoms with Gasteiger partial charge in [-0.3, -0.25) is 14.8 Å². The van der Waals surface area contributed by atoms with Crippen LogP contribution in [0.1, 0.15) is 74.2 Å². The third-order valence-corrected chi connectivity index (χ3v) is 4.52. The number of nitrogens with zero attached hydrogens (tertiary/aromatic N) is 2. The Balaban J connectivity index is 1.73. The Kier molecular flexibility index (Phi) is 8.81. The van der Waals surface area contributed by atoms with Gasteiger partial charge < -0.3 is 5.32 Å². The molecule has 1 amide bonds. The molecule has 0 aliphatic heterocycles. The molecule has 0 spiro atoms. The van der Waals surface area contributed by atoms with Crippen molar-refractivity contribution in [3.63, 3.8) is 0 Å². The van der Waals surface area contributed by atoms with E-state index in [1.165, 1.54) is 44.9 Å². The summed E-state index contributed by atoms with van der Waals surface area (Å²) >= 11 is 0. The Morgan fingerprint density at radius 2 is 1.50 bits per heavy atom. The number of pyridine rings is 2. The van der Waals surface area contributed by atoms with E-state index in [1.807, 2.05) is 25.1 Å². The van der Waals surface area contributed by atoms with Gasteiger partial charge in [-0.05, 0) is 43.2 Å². The second-order valence-electron chi connectivity index (χ2n) is 6.88. The third kappa shape index (κ3) is 6.95. The first kappa shape index (κ1) is 20.1. The topological polar surface area (TPSA) is 54.9 Å². The Bertz CT molecular complexity index is 685. The van der Waals surface area contributed by atoms with E-state index in [2.05, 4.69) is 22.2 Å². The van der Waals surface area contributed by atoms with Gasteiger partial charge in [0.1, 0.15) is 0 Å². The molecule has 1 N–H and O–H groups in total. The van der Waals surface area contributed by atoms with E-state index >= 15 is 0 Å². The predicted octanol–water partition coefficient (Wildman–Crippen LogP) is 5.32. The van der Waals surface area contributed by atoms with Crippen molar-refractivity contribution in [3.8, 4) is 11.4 Å². The van der Waals surface area contributed by atoms with Crippen molar-refractivity contribution in [2.24, 2.45) is 0 Å². The number of aromatic nitrogens is 2. The van der Waals surface area contributed by atoms with E-state index in [0.717, 1.165) is 29.9 Å². The molecule has 0 aromatic carbocycles. The smallest absolute Gasteiger partial charge is 0.251 e. The van der Waals surface area contributed by atoms with Crippen molar-refractivity contribution in [1.29, 1.82) is 0 Å². The van der Waals surface area contributed by atoms with Crippen molar-refractivity contribution < 1.29 is 4.79 Å². The van der Waals surface area contributed by atoms with Gasteiger partial charge in [-0.2, -0.15) is 0 Å². The molecule has 0 unspecified atom stereocenters. The zero-order valence-electron chi connectivity index (χ0n) is 16.1. The molecule has 2 aromatic heterocycles. The molecule has 4 heteroatoms. The highest BCUT2D eigenvalue weighted by Crippen LogP contribution is 2.16. The summed E-state index contributed by atoms with van der Waals surface area (Å²) in [6, 6.07) is 7.49. The third-order valence-electron chi connectivity index (χ3n) is 4.52. The lowest BCUT2D eigenvalue weighted by Gasteiger charge is -2.07. The van der Waals surface area contributed by atoms with Gasteiger partial charge in [0.15, 0.2) is 0 Å². The average Bonchev–Trinajstić information content (AvgIpc) is 2.66. The minimum atomic E-state index is -0.0377. The SMILES string of the molecule is CCCCCCCCCCNC(=O)c1ccnc(-c2cc(C)ccn2)c1. The van der Waals surface area contributed by atoms with Crippen LogP contribution in [0, 0.1) is 6.92 Å². The highest BCUT2D eigenvalue weighted by molar-refractivity contribution is 5.94. The van der Waals surface area contributed by atoms with E-state index in [9.17, 15) is 4.79 Å². The van der Waals surface area contributed by atoms with E-state index in [-0.39, 0.29) is 5.91 Å². The maximum Gasteiger partial charge on any atom is 0.251 e. The lowest BCUT2D eigenvalue weighted by molar-refractivity contribution is 0.0953. The lowest BCUT2D eigenvalue weighted by Crippen LogP contribution is -2.24. The van der Waals surface area contributed by atoms with Crippen LogP contribution in [-0.2, 0) is 0 Å². The van der Waals surface area contributed by atoms with Crippen LogP contribution in [0.25, 0.3) is 11.4 Å². The minimum Gasteiger partial charge on any atom is -0.352 e. The van der Waals surface area contributed by atoms with Crippen LogP contribution >= 0.6 is 0 Å². The fourth-order valence-electron chi connectivity index (χ4n) is 2.95. The zero-order chi connectivity index (χ0) is 18.6. The molecule has 0 aliphatic carbocycles. The first-order valence-corrected chi connectivity index (χ1v) is 9.88. The van der Waals surface area contributed by atoms with Gasteiger partial charge in [0, 0.05) is 24.5 Å². The number of carbonyl (C=O) groups excluding carboxylic acids is 1. The van der Waals surface area contributed by atoms with Gasteiger partial charge in [0.25, 0.3) is 5.91 Å². The van der Waals surface area contributed by atoms with Gasteiger partial charge >= 0.3 is 0 Å². The number of carbonyl (C=O) groups is 1. The number of rotatable bonds is 11. The number of nitrogens with one attached hydrogen (secondary N) is 1. The van der Waals surface area contributed by atoms with Crippen LogP contribution in [0.15, 0.2) is 36.7 Å². The molecular weight excluding hydrogens is 322 g/mol. The molecule has 140 valence electrons. The predicted molar refractivity (Wildman–Crippen MR) is 107 cm³/mol. The lowest BCUT2D eigenvalue weighted by atomic mass is 10.1. The molecule has 0 fully saturated rings. The van der Waals surface area contributed by atoms with Gasteiger partial charge in [-0.25, -0.2) is 0 Å². The summed E-state index contributed by atoms with van der Waals surface area (Å²) in [6.45, 7) is 4.99. The molecule has 2 heterocycles. The van der Waals surface area contributed by atoms with E-state index < -0.39 is 0 Å². The minimum absolute atomic E-state index is 0.0377. The van der Waals surface area contributed by atoms with E-state index in [1.54, 1.807) is 18.5 Å². The molecule has 26 heavy (non-hydrogen) atoms. The molecule has 0 saturated heterocycles. The molecule has 0 bridgehead atoms. The van der Waals surface area contributed by atoms with Crippen LogP contribution < -0.4 is 5.32 Å². The number of aryl methyl sites for hydroxylation is 1. The number of unbranched alkanes of at least 4 members (excludes halogenated alkanes) is 7. The first-order chi connectivity index (χ1) is 12.7. The van der Waals surface area contributed by atoms with Crippen LogP contribution in [-0.4, -0.2) is 22.4 Å². The van der Waals surface area contributed by atoms with Gasteiger partial charge in [0.05, 0.1) is 11.4 Å². The molecule has 0 radical (unpaired) electrons. The second-order valence-corrected chi connectivity index (χ2v) is 6.88. The van der Waals surface area contributed by atoms with Crippen molar-refractivity contribution in [2.45, 2.75) is 65.2 Å².